The van der Waals surface area contributed by atoms with Crippen LogP contribution in [0.15, 0.2) is 36.4 Å². The molecule has 32 heavy (non-hydrogen) atoms. The van der Waals surface area contributed by atoms with Gasteiger partial charge in [0.25, 0.3) is 0 Å². The molecule has 0 fully saturated rings. The lowest BCUT2D eigenvalue weighted by molar-refractivity contribution is 0.0980. The number of aliphatic hydroxyl groups excluding tert-OH is 2. The highest BCUT2D eigenvalue weighted by Gasteiger charge is 2.33. The minimum atomic E-state index is -0.193. The topological polar surface area (TPSA) is 117 Å². The molecule has 0 saturated carbocycles. The molecule has 0 aromatic heterocycles. The zero-order valence-electron chi connectivity index (χ0n) is 18.1. The van der Waals surface area contributed by atoms with Crippen LogP contribution in [0.4, 0.5) is 11.4 Å². The third-order valence-corrected chi connectivity index (χ3v) is 5.09. The summed E-state index contributed by atoms with van der Waals surface area (Å²) < 4.78 is 10.9. The van der Waals surface area contributed by atoms with Gasteiger partial charge in [-0.25, -0.2) is 0 Å². The Bertz CT molecular complexity index is 857. The van der Waals surface area contributed by atoms with Crippen molar-refractivity contribution in [2.45, 2.75) is 12.8 Å². The second-order valence-corrected chi connectivity index (χ2v) is 7.35. The molecule has 0 radical (unpaired) electrons. The van der Waals surface area contributed by atoms with E-state index in [1.165, 1.54) is 0 Å². The number of fused-ring (bicyclic) bond motifs is 2. The maximum absolute atomic E-state index is 13.3. The molecule has 0 saturated heterocycles. The zero-order chi connectivity index (χ0) is 22.8. The van der Waals surface area contributed by atoms with Gasteiger partial charge in [0.2, 0.25) is 0 Å². The molecule has 4 N–H and O–H groups in total. The number of aliphatic hydroxyl groups is 2. The SMILES string of the molecule is O=C1c2ccccc2C(=O)c2c(NCCOCCCO)ccc(NCCOCCCO)c21. The van der Waals surface area contributed by atoms with E-state index in [0.717, 1.165) is 0 Å². The summed E-state index contributed by atoms with van der Waals surface area (Å²) in [5.74, 6) is -0.386. The third kappa shape index (κ3) is 5.72. The Kier molecular flexibility index (Phi) is 9.18. The van der Waals surface area contributed by atoms with Gasteiger partial charge in [-0.3, -0.25) is 9.59 Å². The van der Waals surface area contributed by atoms with Gasteiger partial charge < -0.3 is 30.3 Å². The number of hydrogen-bond donors (Lipinski definition) is 4. The smallest absolute Gasteiger partial charge is 0.196 e. The first-order valence-electron chi connectivity index (χ1n) is 10.9. The second kappa shape index (κ2) is 12.3. The number of ether oxygens (including phenoxy) is 2. The lowest BCUT2D eigenvalue weighted by atomic mass is 9.82. The molecule has 0 heterocycles. The number of carbonyl (C=O) groups excluding carboxylic acids is 2. The molecule has 0 bridgehead atoms. The fourth-order valence-electron chi connectivity index (χ4n) is 3.57. The van der Waals surface area contributed by atoms with Crippen LogP contribution in [0.2, 0.25) is 0 Å². The molecule has 0 aliphatic heterocycles. The van der Waals surface area contributed by atoms with E-state index in [0.29, 0.717) is 86.0 Å². The fraction of sp³-hybridized carbons (Fsp3) is 0.417. The number of nitrogens with one attached hydrogen (secondary N) is 2. The third-order valence-electron chi connectivity index (χ3n) is 5.09. The Hall–Kier alpha value is -2.78. The summed E-state index contributed by atoms with van der Waals surface area (Å²) in [6.07, 6.45) is 1.15. The fourth-order valence-corrected chi connectivity index (χ4v) is 3.57. The number of rotatable bonds is 14. The van der Waals surface area contributed by atoms with Gasteiger partial charge in [0.1, 0.15) is 0 Å². The van der Waals surface area contributed by atoms with Crippen LogP contribution >= 0.6 is 0 Å². The van der Waals surface area contributed by atoms with E-state index in [-0.39, 0.29) is 24.8 Å². The first-order valence-corrected chi connectivity index (χ1v) is 10.9. The average Bonchev–Trinajstić information content (AvgIpc) is 2.82. The van der Waals surface area contributed by atoms with Gasteiger partial charge in [0, 0.05) is 62.0 Å². The van der Waals surface area contributed by atoms with E-state index in [1.807, 2.05) is 0 Å². The van der Waals surface area contributed by atoms with E-state index in [1.54, 1.807) is 36.4 Å². The number of ketones is 2. The summed E-state index contributed by atoms with van der Waals surface area (Å²) in [5.41, 5.74) is 2.69. The first kappa shape index (κ1) is 23.9. The molecule has 2 aromatic rings. The van der Waals surface area contributed by atoms with Crippen LogP contribution < -0.4 is 10.6 Å². The highest BCUT2D eigenvalue weighted by atomic mass is 16.5. The Morgan fingerprint density at radius 2 is 1.09 bits per heavy atom. The minimum Gasteiger partial charge on any atom is -0.396 e. The predicted octanol–water partition coefficient (Wildman–Crippen LogP) is 2.08. The largest absolute Gasteiger partial charge is 0.396 e. The van der Waals surface area contributed by atoms with Crippen molar-refractivity contribution in [1.29, 1.82) is 0 Å². The summed E-state index contributed by atoms with van der Waals surface area (Å²) in [6, 6.07) is 10.4. The molecule has 0 unspecified atom stereocenters. The molecule has 0 amide bonds. The molecule has 0 spiro atoms. The normalized spacial score (nSPS) is 12.4. The number of benzene rings is 2. The number of anilines is 2. The van der Waals surface area contributed by atoms with Crippen molar-refractivity contribution in [2.75, 3.05) is 63.4 Å². The van der Waals surface area contributed by atoms with Gasteiger partial charge in [-0.15, -0.1) is 0 Å². The molecule has 8 heteroatoms. The molecule has 1 aliphatic carbocycles. The molecule has 0 atom stereocenters. The second-order valence-electron chi connectivity index (χ2n) is 7.35. The van der Waals surface area contributed by atoms with Gasteiger partial charge >= 0.3 is 0 Å². The van der Waals surface area contributed by atoms with Crippen LogP contribution in [0.5, 0.6) is 0 Å². The summed E-state index contributed by atoms with van der Waals surface area (Å²) in [5, 5.41) is 24.1. The van der Waals surface area contributed by atoms with Crippen LogP contribution in [0, 0.1) is 0 Å². The van der Waals surface area contributed by atoms with E-state index < -0.39 is 0 Å². The van der Waals surface area contributed by atoms with Crippen LogP contribution in [0.1, 0.15) is 44.7 Å². The van der Waals surface area contributed by atoms with Crippen molar-refractivity contribution < 1.29 is 29.3 Å². The van der Waals surface area contributed by atoms with Crippen molar-refractivity contribution in [3.05, 3.63) is 58.7 Å². The van der Waals surface area contributed by atoms with Crippen molar-refractivity contribution in [1.82, 2.24) is 0 Å². The van der Waals surface area contributed by atoms with Crippen molar-refractivity contribution in [2.24, 2.45) is 0 Å². The predicted molar refractivity (Wildman–Crippen MR) is 122 cm³/mol. The molecular weight excluding hydrogens is 412 g/mol. The van der Waals surface area contributed by atoms with E-state index in [2.05, 4.69) is 10.6 Å². The Labute approximate surface area is 187 Å². The standard InChI is InChI=1S/C24H30N2O6/c27-11-3-13-31-15-9-25-19-7-8-20(26-10-16-32-14-4-12-28)22-21(19)23(29)17-5-1-2-6-18(17)24(22)30/h1-2,5-8,25-28H,3-4,9-16H2. The summed E-state index contributed by atoms with van der Waals surface area (Å²) in [6.45, 7) is 2.85. The summed E-state index contributed by atoms with van der Waals surface area (Å²) in [7, 11) is 0. The van der Waals surface area contributed by atoms with Gasteiger partial charge in [0.15, 0.2) is 11.6 Å². The Morgan fingerprint density at radius 3 is 1.50 bits per heavy atom. The van der Waals surface area contributed by atoms with Gasteiger partial charge in [0.05, 0.1) is 24.3 Å². The minimum absolute atomic E-state index is 0.0812. The first-order chi connectivity index (χ1) is 15.7. The van der Waals surface area contributed by atoms with E-state index >= 15 is 0 Å². The molecule has 1 aliphatic rings. The molecule has 2 aromatic carbocycles. The van der Waals surface area contributed by atoms with Crippen LogP contribution in [-0.2, 0) is 9.47 Å². The van der Waals surface area contributed by atoms with Gasteiger partial charge in [-0.05, 0) is 25.0 Å². The highest BCUT2D eigenvalue weighted by Crippen LogP contribution is 2.36. The Balaban J connectivity index is 1.79. The van der Waals surface area contributed by atoms with Crippen molar-refractivity contribution in [3.63, 3.8) is 0 Å². The summed E-state index contributed by atoms with van der Waals surface area (Å²) >= 11 is 0. The summed E-state index contributed by atoms with van der Waals surface area (Å²) in [4.78, 5) is 26.6. The lowest BCUT2D eigenvalue weighted by Gasteiger charge is -2.24. The lowest BCUT2D eigenvalue weighted by Crippen LogP contribution is -2.25. The van der Waals surface area contributed by atoms with Crippen LogP contribution in [0.3, 0.4) is 0 Å². The quantitative estimate of drug-likeness (QED) is 0.281. The maximum atomic E-state index is 13.3. The van der Waals surface area contributed by atoms with Crippen LogP contribution in [0.25, 0.3) is 0 Å². The maximum Gasteiger partial charge on any atom is 0.196 e. The van der Waals surface area contributed by atoms with Crippen LogP contribution in [-0.4, -0.2) is 74.5 Å². The van der Waals surface area contributed by atoms with Gasteiger partial charge in [-0.2, -0.15) is 0 Å². The Morgan fingerprint density at radius 1 is 0.656 bits per heavy atom. The number of carbonyl (C=O) groups is 2. The van der Waals surface area contributed by atoms with E-state index in [4.69, 9.17) is 19.7 Å². The van der Waals surface area contributed by atoms with E-state index in [9.17, 15) is 9.59 Å². The zero-order valence-corrected chi connectivity index (χ0v) is 18.1. The molecule has 3 rings (SSSR count). The van der Waals surface area contributed by atoms with Crippen molar-refractivity contribution >= 4 is 22.9 Å². The average molecular weight is 443 g/mol. The van der Waals surface area contributed by atoms with Gasteiger partial charge in [-0.1, -0.05) is 24.3 Å². The molecule has 8 nitrogen and oxygen atoms in total. The molecule has 172 valence electrons. The highest BCUT2D eigenvalue weighted by molar-refractivity contribution is 6.31. The monoisotopic (exact) mass is 442 g/mol. The number of hydrogen-bond acceptors (Lipinski definition) is 8. The molecular formula is C24H30N2O6. The van der Waals surface area contributed by atoms with Crippen molar-refractivity contribution in [3.8, 4) is 0 Å².